The average Bonchev–Trinajstić information content (AvgIpc) is 3.21. The molecule has 1 amide bonds. The van der Waals surface area contributed by atoms with Crippen LogP contribution in [0.1, 0.15) is 63.7 Å². The van der Waals surface area contributed by atoms with Crippen molar-refractivity contribution in [2.75, 3.05) is 0 Å². The van der Waals surface area contributed by atoms with E-state index in [2.05, 4.69) is 4.99 Å². The van der Waals surface area contributed by atoms with E-state index in [1.807, 2.05) is 0 Å². The number of carbonyl (C=O) groups is 6. The van der Waals surface area contributed by atoms with Crippen LogP contribution in [-0.4, -0.2) is 37.8 Å². The molecule has 0 saturated heterocycles. The van der Waals surface area contributed by atoms with Crippen molar-refractivity contribution in [2.24, 2.45) is 0 Å². The highest BCUT2D eigenvalue weighted by Crippen LogP contribution is 2.57. The molecule has 0 heterocycles. The van der Waals surface area contributed by atoms with Gasteiger partial charge in [0.05, 0.1) is 77.0 Å². The van der Waals surface area contributed by atoms with E-state index in [0.29, 0.717) is 0 Å². The number of amides is 1. The molecule has 0 saturated carbocycles. The van der Waals surface area contributed by atoms with E-state index in [1.54, 1.807) is 0 Å². The highest BCUT2D eigenvalue weighted by atomic mass is 35.5. The molecule has 0 unspecified atom stereocenters. The molecule has 2 aliphatic rings. The monoisotopic (exact) mass is 1410 g/mol. The number of rotatable bonds is 10. The molecule has 378 valence electrons. The first kappa shape index (κ1) is 61.5. The van der Waals surface area contributed by atoms with E-state index in [1.165, 1.54) is 36.4 Å². The van der Waals surface area contributed by atoms with Crippen LogP contribution in [0, 0.1) is 5.38 Å². The summed E-state index contributed by atoms with van der Waals surface area (Å²) in [7, 11) is 0. The Bertz CT molecular complexity index is 3380. The van der Waals surface area contributed by atoms with Crippen LogP contribution in [0.5, 0.6) is 0 Å². The number of nitrogens with one attached hydrogen (secondary N) is 1. The van der Waals surface area contributed by atoms with Gasteiger partial charge in [0.2, 0.25) is 11.0 Å². The molecule has 0 fully saturated rings. The topological polar surface area (TPSA) is 116 Å². The third-order valence-electron chi connectivity index (χ3n) is 9.97. The molecule has 0 spiro atoms. The minimum Gasteiger partial charge on any atom is -0.322 e. The number of hydrogen-bond acceptors (Lipinski definition) is 6. The Balaban J connectivity index is 1.78. The van der Waals surface area contributed by atoms with Crippen molar-refractivity contribution >= 4 is 304 Å². The Labute approximate surface area is 520 Å². The summed E-state index contributed by atoms with van der Waals surface area (Å²) in [4.78, 5) is 82.8. The summed E-state index contributed by atoms with van der Waals surface area (Å²) >= 11 is 144. The van der Waals surface area contributed by atoms with Crippen LogP contribution in [0.15, 0.2) is 78.8 Å². The fourth-order valence-electron chi connectivity index (χ4n) is 7.10. The lowest BCUT2D eigenvalue weighted by Crippen LogP contribution is -2.77. The van der Waals surface area contributed by atoms with E-state index < -0.39 is 133 Å². The van der Waals surface area contributed by atoms with Gasteiger partial charge in [-0.3, -0.25) is 19.2 Å². The van der Waals surface area contributed by atoms with Crippen molar-refractivity contribution in [3.05, 3.63) is 189 Å². The van der Waals surface area contributed by atoms with Gasteiger partial charge in [0.25, 0.3) is 15.7 Å². The van der Waals surface area contributed by atoms with Gasteiger partial charge in [0.1, 0.15) is 5.56 Å². The summed E-state index contributed by atoms with van der Waals surface area (Å²) in [6.07, 6.45) is 2.37. The van der Waals surface area contributed by atoms with Gasteiger partial charge in [-0.15, -0.1) is 34.8 Å². The van der Waals surface area contributed by atoms with E-state index >= 15 is 0 Å². The summed E-state index contributed by atoms with van der Waals surface area (Å²) < 4.78 is 0. The van der Waals surface area contributed by atoms with Crippen LogP contribution in [0.2, 0.25) is 60.3 Å². The van der Waals surface area contributed by atoms with Crippen molar-refractivity contribution in [2.45, 2.75) is 0 Å². The molecule has 0 bridgehead atoms. The molecular formula is C44H7Cl22NO6. The molecule has 6 rings (SSSR count). The van der Waals surface area contributed by atoms with Crippen molar-refractivity contribution in [1.29, 1.82) is 0 Å². The second-order valence-corrected chi connectivity index (χ2v) is 22.5. The van der Waals surface area contributed by atoms with Crippen LogP contribution in [0.4, 0.5) is 0 Å². The van der Waals surface area contributed by atoms with E-state index in [0.717, 1.165) is 0 Å². The third-order valence-corrected chi connectivity index (χ3v) is 16.5. The zero-order valence-corrected chi connectivity index (χ0v) is 50.4. The predicted molar refractivity (Wildman–Crippen MR) is 303 cm³/mol. The third kappa shape index (κ3) is 11.7. The normalized spacial score (nSPS) is 14.6. The first-order valence-corrected chi connectivity index (χ1v) is 26.7. The Morgan fingerprint density at radius 1 is 0.397 bits per heavy atom. The molecule has 7 nitrogen and oxygen atoms in total. The number of benzene rings is 4. The van der Waals surface area contributed by atoms with Crippen LogP contribution in [0.25, 0.3) is 11.1 Å². The molecule has 4 aromatic rings. The first-order chi connectivity index (χ1) is 33.9. The second-order valence-electron chi connectivity index (χ2n) is 14.1. The minimum absolute atomic E-state index is 0.000294. The SMILES string of the molecule is O=C(Cl)C1=C(Cl)C(=C(c2c(Cl)c(C(=O)Cl)c(Cl)c(C(=O)Cl)c2Cl)c2c(Cl)c(C(=O)Cl)c(Cl)c(C(=O)[NH+]=C3C=C(Cl)C(=C(c4c(Cl)cc(Cl)cc4Cl)c4c(Cl)cc(Cl)cc4Cl)C(Cl)=C3)c2Cl)[C-](Cl)C(C(=O)Cl)=C1Cl. The van der Waals surface area contributed by atoms with Crippen LogP contribution in [-0.2, 0) is 9.59 Å². The zero-order chi connectivity index (χ0) is 54.9. The Kier molecular flexibility index (Phi) is 20.5. The Morgan fingerprint density at radius 2 is 0.740 bits per heavy atom. The van der Waals surface area contributed by atoms with Crippen molar-refractivity contribution in [3.63, 3.8) is 0 Å². The molecule has 4 aromatic carbocycles. The predicted octanol–water partition coefficient (Wildman–Crippen LogP) is 19.2. The lowest BCUT2D eigenvalue weighted by Gasteiger charge is -2.35. The summed E-state index contributed by atoms with van der Waals surface area (Å²) in [5.74, 6) is -1.30. The fourth-order valence-corrected chi connectivity index (χ4v) is 15.0. The molecule has 2 aliphatic carbocycles. The average molecular weight is 1430 g/mol. The van der Waals surface area contributed by atoms with Gasteiger partial charge in [-0.1, -0.05) is 185 Å². The van der Waals surface area contributed by atoms with Crippen molar-refractivity contribution in [3.8, 4) is 0 Å². The van der Waals surface area contributed by atoms with Gasteiger partial charge in [0, 0.05) is 50.0 Å². The molecule has 0 aliphatic heterocycles. The van der Waals surface area contributed by atoms with Crippen LogP contribution >= 0.6 is 255 Å². The number of hydrogen-bond donors (Lipinski definition) is 1. The highest BCUT2D eigenvalue weighted by Gasteiger charge is 2.39. The molecule has 1 N–H and O–H groups in total. The number of allylic oxidation sites excluding steroid dienone is 10. The van der Waals surface area contributed by atoms with Crippen molar-refractivity contribution < 1.29 is 33.8 Å². The Morgan fingerprint density at radius 3 is 1.08 bits per heavy atom. The maximum absolute atomic E-state index is 14.8. The Hall–Kier alpha value is -0.740. The molecule has 0 radical (unpaired) electrons. The van der Waals surface area contributed by atoms with Crippen LogP contribution < -0.4 is 4.99 Å². The summed E-state index contributed by atoms with van der Waals surface area (Å²) in [5.41, 5.74) is -8.39. The number of halogens is 22. The van der Waals surface area contributed by atoms with E-state index in [4.69, 9.17) is 255 Å². The van der Waals surface area contributed by atoms with Gasteiger partial charge < -0.3 is 4.79 Å². The van der Waals surface area contributed by atoms with Gasteiger partial charge in [-0.05, 0) is 103 Å². The number of carbonyl (C=O) groups excluding carboxylic acids is 6. The summed E-state index contributed by atoms with van der Waals surface area (Å²) in [6.45, 7) is 0. The maximum Gasteiger partial charge on any atom is 0.421 e. The second kappa shape index (κ2) is 24.3. The molecule has 0 aromatic heterocycles. The van der Waals surface area contributed by atoms with E-state index in [-0.39, 0.29) is 68.2 Å². The standard InChI is InChI=1S/C44H6Cl22NO6/c45-7-1-10(47)16(11(48)2-7)19(17-12(49)3-8(46)4-13(17)50)18-14(51)5-9(6-15(18)52)67-44(73)29-35(58)23(34(57)28(38(29)61)43(66)72)20(21-30(53)24(39(62)68)36(59)25(31(21)54)40(63)69)22-32(55)26(41(64)70)37(60)27(33(22)56)42(65)71/h1-6H/q-1/p+1. The van der Waals surface area contributed by atoms with E-state index in [9.17, 15) is 28.8 Å². The zero-order valence-electron chi connectivity index (χ0n) is 33.7. The molecule has 29 heteroatoms. The lowest BCUT2D eigenvalue weighted by atomic mass is 9.83. The van der Waals surface area contributed by atoms with Gasteiger partial charge in [-0.25, -0.2) is 4.79 Å². The molecule has 0 atom stereocenters. The van der Waals surface area contributed by atoms with Crippen molar-refractivity contribution in [1.82, 2.24) is 0 Å². The van der Waals surface area contributed by atoms with Gasteiger partial charge >= 0.3 is 5.91 Å². The van der Waals surface area contributed by atoms with Crippen LogP contribution in [0.3, 0.4) is 0 Å². The maximum atomic E-state index is 14.8. The smallest absolute Gasteiger partial charge is 0.322 e. The highest BCUT2D eigenvalue weighted by molar-refractivity contribution is 6.75. The fraction of sp³-hybridized carbons (Fsp3) is 0. The molecule has 73 heavy (non-hydrogen) atoms. The van der Waals surface area contributed by atoms with Gasteiger partial charge in [0.15, 0.2) is 5.24 Å². The summed E-state index contributed by atoms with van der Waals surface area (Å²) in [6, 6.07) is 5.49. The largest absolute Gasteiger partial charge is 0.421 e. The quantitative estimate of drug-likeness (QED) is 0.125. The first-order valence-electron chi connectivity index (χ1n) is 18.3. The summed E-state index contributed by atoms with van der Waals surface area (Å²) in [5, 5.41) is -15.0. The lowest BCUT2D eigenvalue weighted by molar-refractivity contribution is -0.343. The molecular weight excluding hydrogens is 1420 g/mol. The minimum atomic E-state index is -1.47. The van der Waals surface area contributed by atoms with Gasteiger partial charge in [-0.2, -0.15) is 4.99 Å².